The Bertz CT molecular complexity index is 766. The second-order valence-corrected chi connectivity index (χ2v) is 8.04. The number of rotatable bonds is 7. The SMILES string of the molecule is COc1ccc(CC(C(=O)OCC2CN3CCC2CC3)c2ccccc2)cc1. The molecule has 5 rings (SSSR count). The van der Waals surface area contributed by atoms with Crippen LogP contribution in [0, 0.1) is 11.8 Å². The van der Waals surface area contributed by atoms with Gasteiger partial charge in [0.15, 0.2) is 0 Å². The summed E-state index contributed by atoms with van der Waals surface area (Å²) >= 11 is 0. The van der Waals surface area contributed by atoms with Crippen LogP contribution >= 0.6 is 0 Å². The second kappa shape index (κ2) is 8.78. The highest BCUT2D eigenvalue weighted by atomic mass is 16.5. The molecule has 0 aliphatic carbocycles. The van der Waals surface area contributed by atoms with Crippen molar-refractivity contribution in [2.45, 2.75) is 25.2 Å². The Hall–Kier alpha value is -2.33. The first-order valence-electron chi connectivity index (χ1n) is 10.3. The van der Waals surface area contributed by atoms with Crippen LogP contribution in [0.3, 0.4) is 0 Å². The summed E-state index contributed by atoms with van der Waals surface area (Å²) in [5, 5.41) is 0. The first kappa shape index (κ1) is 19.0. The number of carbonyl (C=O) groups is 1. The van der Waals surface area contributed by atoms with Gasteiger partial charge in [0.05, 0.1) is 19.6 Å². The van der Waals surface area contributed by atoms with E-state index in [4.69, 9.17) is 9.47 Å². The molecule has 3 aliphatic heterocycles. The lowest BCUT2D eigenvalue weighted by atomic mass is 9.79. The number of ether oxygens (including phenoxy) is 2. The van der Waals surface area contributed by atoms with E-state index < -0.39 is 0 Å². The van der Waals surface area contributed by atoms with Crippen molar-refractivity contribution >= 4 is 5.97 Å². The molecule has 2 aromatic rings. The van der Waals surface area contributed by atoms with Crippen LogP contribution in [0.4, 0.5) is 0 Å². The summed E-state index contributed by atoms with van der Waals surface area (Å²) in [6.45, 7) is 4.04. The van der Waals surface area contributed by atoms with E-state index in [9.17, 15) is 4.79 Å². The molecule has 0 radical (unpaired) electrons. The lowest BCUT2D eigenvalue weighted by molar-refractivity contribution is -0.149. The summed E-state index contributed by atoms with van der Waals surface area (Å²) in [4.78, 5) is 15.6. The minimum absolute atomic E-state index is 0.113. The molecule has 0 spiro atoms. The fourth-order valence-electron chi connectivity index (χ4n) is 4.59. The third kappa shape index (κ3) is 4.39. The molecule has 2 atom stereocenters. The van der Waals surface area contributed by atoms with Gasteiger partial charge in [-0.3, -0.25) is 4.79 Å². The third-order valence-corrected chi connectivity index (χ3v) is 6.32. The average molecular weight is 380 g/mol. The Morgan fingerprint density at radius 3 is 2.39 bits per heavy atom. The number of piperidine rings is 3. The largest absolute Gasteiger partial charge is 0.497 e. The third-order valence-electron chi connectivity index (χ3n) is 6.32. The van der Waals surface area contributed by atoms with E-state index in [2.05, 4.69) is 4.90 Å². The van der Waals surface area contributed by atoms with Gasteiger partial charge in [-0.25, -0.2) is 0 Å². The Balaban J connectivity index is 1.44. The predicted octanol–water partition coefficient (Wildman–Crippen LogP) is 3.91. The van der Waals surface area contributed by atoms with Crippen molar-refractivity contribution in [2.75, 3.05) is 33.4 Å². The summed E-state index contributed by atoms with van der Waals surface area (Å²) in [6.07, 6.45) is 3.12. The molecule has 4 heteroatoms. The maximum atomic E-state index is 13.1. The van der Waals surface area contributed by atoms with Crippen molar-refractivity contribution in [1.82, 2.24) is 4.90 Å². The highest BCUT2D eigenvalue weighted by molar-refractivity contribution is 5.78. The zero-order chi connectivity index (χ0) is 19.3. The lowest BCUT2D eigenvalue weighted by Gasteiger charge is -2.44. The maximum Gasteiger partial charge on any atom is 0.313 e. The van der Waals surface area contributed by atoms with E-state index in [1.165, 1.54) is 25.9 Å². The molecule has 3 saturated heterocycles. The summed E-state index contributed by atoms with van der Waals surface area (Å²) in [7, 11) is 1.66. The van der Waals surface area contributed by atoms with Crippen LogP contribution < -0.4 is 4.74 Å². The van der Waals surface area contributed by atoms with Gasteiger partial charge in [-0.05, 0) is 61.5 Å². The van der Waals surface area contributed by atoms with E-state index in [-0.39, 0.29) is 11.9 Å². The van der Waals surface area contributed by atoms with E-state index in [1.807, 2.05) is 54.6 Å². The van der Waals surface area contributed by atoms with Gasteiger partial charge < -0.3 is 14.4 Å². The molecule has 3 fully saturated rings. The van der Waals surface area contributed by atoms with E-state index in [0.29, 0.717) is 18.9 Å². The summed E-state index contributed by atoms with van der Waals surface area (Å²) in [5.41, 5.74) is 2.12. The molecular formula is C24H29NO3. The quantitative estimate of drug-likeness (QED) is 0.684. The number of hydrogen-bond donors (Lipinski definition) is 0. The molecular weight excluding hydrogens is 350 g/mol. The number of benzene rings is 2. The van der Waals surface area contributed by atoms with Gasteiger partial charge in [-0.2, -0.15) is 0 Å². The molecule has 2 unspecified atom stereocenters. The Kier molecular flexibility index (Phi) is 5.96. The van der Waals surface area contributed by atoms with Crippen LogP contribution in [0.5, 0.6) is 5.75 Å². The molecule has 0 N–H and O–H groups in total. The van der Waals surface area contributed by atoms with Crippen molar-refractivity contribution in [1.29, 1.82) is 0 Å². The van der Waals surface area contributed by atoms with Crippen LogP contribution in [0.25, 0.3) is 0 Å². The number of carbonyl (C=O) groups excluding carboxylic acids is 1. The highest BCUT2D eigenvalue weighted by Gasteiger charge is 2.35. The zero-order valence-electron chi connectivity index (χ0n) is 16.5. The monoisotopic (exact) mass is 379 g/mol. The molecule has 0 saturated carbocycles. The summed E-state index contributed by atoms with van der Waals surface area (Å²) in [5.74, 6) is 1.64. The molecule has 0 amide bonds. The van der Waals surface area contributed by atoms with Crippen LogP contribution in [0.2, 0.25) is 0 Å². The van der Waals surface area contributed by atoms with Gasteiger partial charge in [-0.15, -0.1) is 0 Å². The van der Waals surface area contributed by atoms with Crippen LogP contribution in [0.15, 0.2) is 54.6 Å². The second-order valence-electron chi connectivity index (χ2n) is 8.04. The Morgan fingerprint density at radius 2 is 1.79 bits per heavy atom. The number of esters is 1. The fraction of sp³-hybridized carbons (Fsp3) is 0.458. The fourth-order valence-corrected chi connectivity index (χ4v) is 4.59. The number of methoxy groups -OCH3 is 1. The molecule has 3 heterocycles. The minimum Gasteiger partial charge on any atom is -0.497 e. The number of nitrogens with zero attached hydrogens (tertiary/aromatic N) is 1. The molecule has 2 aromatic carbocycles. The predicted molar refractivity (Wildman–Crippen MR) is 109 cm³/mol. The van der Waals surface area contributed by atoms with Crippen molar-refractivity contribution in [3.63, 3.8) is 0 Å². The van der Waals surface area contributed by atoms with E-state index >= 15 is 0 Å². The number of fused-ring (bicyclic) bond motifs is 3. The van der Waals surface area contributed by atoms with Gasteiger partial charge in [0.1, 0.15) is 5.75 Å². The average Bonchev–Trinajstić information content (AvgIpc) is 2.77. The minimum atomic E-state index is -0.282. The van der Waals surface area contributed by atoms with Gasteiger partial charge in [0.25, 0.3) is 0 Å². The van der Waals surface area contributed by atoms with Gasteiger partial charge in [-0.1, -0.05) is 42.5 Å². The van der Waals surface area contributed by atoms with Crippen molar-refractivity contribution in [3.8, 4) is 5.75 Å². The summed E-state index contributed by atoms with van der Waals surface area (Å²) < 4.78 is 11.1. The molecule has 2 bridgehead atoms. The lowest BCUT2D eigenvalue weighted by Crippen LogP contribution is -2.49. The van der Waals surface area contributed by atoms with Crippen LogP contribution in [-0.4, -0.2) is 44.2 Å². The zero-order valence-corrected chi connectivity index (χ0v) is 16.5. The highest BCUT2D eigenvalue weighted by Crippen LogP contribution is 2.33. The smallest absolute Gasteiger partial charge is 0.313 e. The van der Waals surface area contributed by atoms with Crippen molar-refractivity contribution in [3.05, 3.63) is 65.7 Å². The normalized spacial score (nSPS) is 24.5. The molecule has 0 aromatic heterocycles. The summed E-state index contributed by atoms with van der Waals surface area (Å²) in [6, 6.07) is 17.9. The molecule has 4 nitrogen and oxygen atoms in total. The van der Waals surface area contributed by atoms with E-state index in [0.717, 1.165) is 29.3 Å². The Morgan fingerprint density at radius 1 is 1.07 bits per heavy atom. The van der Waals surface area contributed by atoms with Crippen LogP contribution in [0.1, 0.15) is 29.9 Å². The van der Waals surface area contributed by atoms with E-state index in [1.54, 1.807) is 7.11 Å². The van der Waals surface area contributed by atoms with Crippen molar-refractivity contribution < 1.29 is 14.3 Å². The Labute approximate surface area is 167 Å². The first-order chi connectivity index (χ1) is 13.7. The standard InChI is InChI=1S/C24H29NO3/c1-27-22-9-7-18(8-10-22)15-23(20-5-3-2-4-6-20)24(26)28-17-21-16-25-13-11-19(21)12-14-25/h2-10,19,21,23H,11-17H2,1H3. The molecule has 3 aliphatic rings. The van der Waals surface area contributed by atoms with Gasteiger partial charge in [0, 0.05) is 12.5 Å². The molecule has 148 valence electrons. The van der Waals surface area contributed by atoms with Crippen LogP contribution in [-0.2, 0) is 16.0 Å². The molecule has 28 heavy (non-hydrogen) atoms. The topological polar surface area (TPSA) is 38.8 Å². The van der Waals surface area contributed by atoms with Gasteiger partial charge >= 0.3 is 5.97 Å². The van der Waals surface area contributed by atoms with Gasteiger partial charge in [0.2, 0.25) is 0 Å². The number of hydrogen-bond acceptors (Lipinski definition) is 4. The van der Waals surface area contributed by atoms with Crippen molar-refractivity contribution in [2.24, 2.45) is 11.8 Å². The maximum absolute atomic E-state index is 13.1. The first-order valence-corrected chi connectivity index (χ1v) is 10.3.